The molecular weight excluding hydrogens is 350 g/mol. The van der Waals surface area contributed by atoms with E-state index >= 15 is 0 Å². The number of benzene rings is 1. The molecule has 0 bridgehead atoms. The highest BCUT2D eigenvalue weighted by atomic mass is 32.1. The summed E-state index contributed by atoms with van der Waals surface area (Å²) in [6.45, 7) is 5.06. The third-order valence-corrected chi connectivity index (χ3v) is 5.29. The number of hydrogen-bond donors (Lipinski definition) is 2. The second kappa shape index (κ2) is 6.45. The van der Waals surface area contributed by atoms with Crippen molar-refractivity contribution in [1.29, 1.82) is 0 Å². The average Bonchev–Trinajstić information content (AvgIpc) is 3.31. The van der Waals surface area contributed by atoms with Gasteiger partial charge in [-0.05, 0) is 31.5 Å². The van der Waals surface area contributed by atoms with Crippen molar-refractivity contribution in [1.82, 2.24) is 20.0 Å². The van der Waals surface area contributed by atoms with Crippen LogP contribution in [0.15, 0.2) is 36.0 Å². The minimum absolute atomic E-state index is 0.128. The minimum Gasteiger partial charge on any atom is -0.344 e. The van der Waals surface area contributed by atoms with E-state index in [0.717, 1.165) is 21.9 Å². The van der Waals surface area contributed by atoms with Crippen LogP contribution >= 0.6 is 11.3 Å². The van der Waals surface area contributed by atoms with Crippen LogP contribution < -0.4 is 15.5 Å². The molecule has 7 nitrogen and oxygen atoms in total. The van der Waals surface area contributed by atoms with Crippen molar-refractivity contribution in [3.8, 4) is 0 Å². The zero-order chi connectivity index (χ0) is 18.3. The van der Waals surface area contributed by atoms with Crippen LogP contribution in [0.4, 0.5) is 10.5 Å². The van der Waals surface area contributed by atoms with Gasteiger partial charge in [0.1, 0.15) is 0 Å². The van der Waals surface area contributed by atoms with E-state index in [4.69, 9.17) is 0 Å². The van der Waals surface area contributed by atoms with E-state index in [1.54, 1.807) is 28.4 Å². The third kappa shape index (κ3) is 2.92. The normalized spacial score (nSPS) is 15.3. The monoisotopic (exact) mass is 369 g/mol. The summed E-state index contributed by atoms with van der Waals surface area (Å²) in [7, 11) is 0. The molecular formula is C18H19N5O2S. The standard InChI is InChI=1S/C18H19N5O2S/c1-11-3-4-13(9-15(11)23-6-5-19-17(23)25)16(24)20-12(2)14-10-22-7-8-26-18(22)21-14/h3-4,7-10,12H,5-6H2,1-2H3,(H,19,25)(H,20,24)/t12-/m0/s1. The number of nitrogens with one attached hydrogen (secondary N) is 2. The molecule has 3 amide bonds. The zero-order valence-electron chi connectivity index (χ0n) is 14.5. The summed E-state index contributed by atoms with van der Waals surface area (Å²) in [6.07, 6.45) is 3.87. The first-order chi connectivity index (χ1) is 12.5. The Labute approximate surface area is 154 Å². The number of amides is 3. The number of nitrogens with zero attached hydrogens (tertiary/aromatic N) is 3. The maximum atomic E-state index is 12.7. The van der Waals surface area contributed by atoms with Gasteiger partial charge in [-0.2, -0.15) is 0 Å². The number of anilines is 1. The molecule has 1 fully saturated rings. The van der Waals surface area contributed by atoms with Gasteiger partial charge in [0.15, 0.2) is 4.96 Å². The summed E-state index contributed by atoms with van der Waals surface area (Å²) in [6, 6.07) is 5.08. The Balaban J connectivity index is 1.54. The van der Waals surface area contributed by atoms with Gasteiger partial charge in [-0.25, -0.2) is 9.78 Å². The molecule has 2 aromatic heterocycles. The lowest BCUT2D eigenvalue weighted by molar-refractivity contribution is 0.0939. The topological polar surface area (TPSA) is 78.7 Å². The number of imidazole rings is 1. The highest BCUT2D eigenvalue weighted by Crippen LogP contribution is 2.24. The van der Waals surface area contributed by atoms with Gasteiger partial charge in [-0.1, -0.05) is 6.07 Å². The molecule has 8 heteroatoms. The van der Waals surface area contributed by atoms with Gasteiger partial charge in [-0.15, -0.1) is 11.3 Å². The molecule has 4 rings (SSSR count). The predicted octanol–water partition coefficient (Wildman–Crippen LogP) is 2.72. The van der Waals surface area contributed by atoms with Gasteiger partial charge in [0.05, 0.1) is 11.7 Å². The molecule has 1 atom stereocenters. The fourth-order valence-corrected chi connectivity index (χ4v) is 3.76. The number of carbonyl (C=O) groups excluding carboxylic acids is 2. The number of fused-ring (bicyclic) bond motifs is 1. The average molecular weight is 369 g/mol. The van der Waals surface area contributed by atoms with Crippen LogP contribution in [-0.2, 0) is 0 Å². The van der Waals surface area contributed by atoms with Crippen LogP contribution in [-0.4, -0.2) is 34.4 Å². The molecule has 1 aliphatic rings. The Morgan fingerprint density at radius 2 is 2.27 bits per heavy atom. The number of urea groups is 1. The largest absolute Gasteiger partial charge is 0.344 e. The Morgan fingerprint density at radius 3 is 3.00 bits per heavy atom. The molecule has 26 heavy (non-hydrogen) atoms. The summed E-state index contributed by atoms with van der Waals surface area (Å²) in [5.41, 5.74) is 3.07. The molecule has 1 aromatic carbocycles. The van der Waals surface area contributed by atoms with E-state index in [-0.39, 0.29) is 18.0 Å². The van der Waals surface area contributed by atoms with Crippen LogP contribution in [0.1, 0.15) is 34.6 Å². The highest BCUT2D eigenvalue weighted by Gasteiger charge is 2.24. The molecule has 0 saturated carbocycles. The number of aryl methyl sites for hydroxylation is 1. The van der Waals surface area contributed by atoms with E-state index in [9.17, 15) is 9.59 Å². The van der Waals surface area contributed by atoms with E-state index < -0.39 is 0 Å². The highest BCUT2D eigenvalue weighted by molar-refractivity contribution is 7.15. The Bertz CT molecular complexity index is 964. The number of rotatable bonds is 4. The summed E-state index contributed by atoms with van der Waals surface area (Å²) >= 11 is 1.55. The first kappa shape index (κ1) is 16.6. The summed E-state index contributed by atoms with van der Waals surface area (Å²) in [5, 5.41) is 7.74. The van der Waals surface area contributed by atoms with Crippen LogP contribution in [0, 0.1) is 6.92 Å². The lowest BCUT2D eigenvalue weighted by atomic mass is 10.1. The molecule has 0 unspecified atom stereocenters. The molecule has 1 saturated heterocycles. The first-order valence-corrected chi connectivity index (χ1v) is 9.30. The van der Waals surface area contributed by atoms with Crippen LogP contribution in [0.25, 0.3) is 4.96 Å². The van der Waals surface area contributed by atoms with E-state index in [2.05, 4.69) is 15.6 Å². The maximum Gasteiger partial charge on any atom is 0.322 e. The van der Waals surface area contributed by atoms with E-state index in [1.807, 2.05) is 42.1 Å². The summed E-state index contributed by atoms with van der Waals surface area (Å²) in [5.74, 6) is -0.185. The number of hydrogen-bond acceptors (Lipinski definition) is 4. The molecule has 2 N–H and O–H groups in total. The fraction of sp³-hybridized carbons (Fsp3) is 0.278. The summed E-state index contributed by atoms with van der Waals surface area (Å²) < 4.78 is 1.94. The lowest BCUT2D eigenvalue weighted by Crippen LogP contribution is -2.30. The van der Waals surface area contributed by atoms with E-state index in [0.29, 0.717) is 18.7 Å². The van der Waals surface area contributed by atoms with Crippen molar-refractivity contribution >= 4 is 33.9 Å². The van der Waals surface area contributed by atoms with Crippen LogP contribution in [0.3, 0.4) is 0 Å². The molecule has 0 aliphatic carbocycles. The van der Waals surface area contributed by atoms with Gasteiger partial charge in [0.2, 0.25) is 0 Å². The first-order valence-electron chi connectivity index (χ1n) is 8.42. The van der Waals surface area contributed by atoms with Gasteiger partial charge < -0.3 is 10.6 Å². The lowest BCUT2D eigenvalue weighted by Gasteiger charge is -2.18. The third-order valence-electron chi connectivity index (χ3n) is 4.52. The van der Waals surface area contributed by atoms with Gasteiger partial charge in [0.25, 0.3) is 5.91 Å². The van der Waals surface area contributed by atoms with Crippen LogP contribution in [0.5, 0.6) is 0 Å². The Morgan fingerprint density at radius 1 is 1.42 bits per heavy atom. The van der Waals surface area contributed by atoms with Gasteiger partial charge >= 0.3 is 6.03 Å². The van der Waals surface area contributed by atoms with Crippen molar-refractivity contribution in [2.45, 2.75) is 19.9 Å². The van der Waals surface area contributed by atoms with Crippen molar-refractivity contribution in [3.63, 3.8) is 0 Å². The number of thiazole rings is 1. The molecule has 3 aromatic rings. The van der Waals surface area contributed by atoms with Gasteiger partial charge in [0, 0.05) is 42.1 Å². The Hall–Kier alpha value is -2.87. The molecule has 3 heterocycles. The predicted molar refractivity (Wildman–Crippen MR) is 101 cm³/mol. The van der Waals surface area contributed by atoms with Crippen molar-refractivity contribution < 1.29 is 9.59 Å². The second-order valence-corrected chi connectivity index (χ2v) is 7.21. The van der Waals surface area contributed by atoms with Crippen molar-refractivity contribution in [3.05, 3.63) is 52.8 Å². The molecule has 1 aliphatic heterocycles. The SMILES string of the molecule is Cc1ccc(C(=O)N[C@@H](C)c2cn3ccsc3n2)cc1N1CCNC1=O. The number of carbonyl (C=O) groups is 2. The van der Waals surface area contributed by atoms with Crippen LogP contribution in [0.2, 0.25) is 0 Å². The van der Waals surface area contributed by atoms with E-state index in [1.165, 1.54) is 0 Å². The summed E-state index contributed by atoms with van der Waals surface area (Å²) in [4.78, 5) is 31.7. The minimum atomic E-state index is -0.213. The molecule has 0 spiro atoms. The Kier molecular flexibility index (Phi) is 4.12. The smallest absolute Gasteiger partial charge is 0.322 e. The fourth-order valence-electron chi connectivity index (χ4n) is 3.05. The second-order valence-electron chi connectivity index (χ2n) is 6.34. The van der Waals surface area contributed by atoms with Crippen molar-refractivity contribution in [2.24, 2.45) is 0 Å². The molecule has 0 radical (unpaired) electrons. The number of aromatic nitrogens is 2. The van der Waals surface area contributed by atoms with Gasteiger partial charge in [-0.3, -0.25) is 14.1 Å². The van der Waals surface area contributed by atoms with Crippen molar-refractivity contribution in [2.75, 3.05) is 18.0 Å². The molecule has 134 valence electrons. The quantitative estimate of drug-likeness (QED) is 0.742. The zero-order valence-corrected chi connectivity index (χ0v) is 15.3. The maximum absolute atomic E-state index is 12.7.